The third kappa shape index (κ3) is 2.42. The first-order valence-corrected chi connectivity index (χ1v) is 7.45. The minimum Gasteiger partial charge on any atom is -0.326 e. The van der Waals surface area contributed by atoms with E-state index in [4.69, 9.17) is 5.73 Å². The number of hydrogen-bond donors (Lipinski definition) is 1. The Kier molecular flexibility index (Phi) is 3.90. The van der Waals surface area contributed by atoms with Crippen molar-refractivity contribution in [2.45, 2.75) is 31.4 Å². The lowest BCUT2D eigenvalue weighted by Gasteiger charge is -2.04. The third-order valence-corrected chi connectivity index (χ3v) is 4.82. The van der Waals surface area contributed by atoms with Crippen LogP contribution in [-0.4, -0.2) is 5.25 Å². The lowest BCUT2D eigenvalue weighted by atomic mass is 10.1. The maximum atomic E-state index is 5.75. The summed E-state index contributed by atoms with van der Waals surface area (Å²) in [6, 6.07) is 6.44. The molecule has 0 fully saturated rings. The molecule has 2 rings (SSSR count). The molecular formula is C13H17NS2. The zero-order valence-electron chi connectivity index (χ0n) is 9.69. The Morgan fingerprint density at radius 1 is 1.31 bits per heavy atom. The Balaban J connectivity index is 2.34. The fourth-order valence-corrected chi connectivity index (χ4v) is 3.66. The summed E-state index contributed by atoms with van der Waals surface area (Å²) in [5.41, 5.74) is 8.47. The van der Waals surface area contributed by atoms with Crippen molar-refractivity contribution in [2.24, 2.45) is 5.73 Å². The highest BCUT2D eigenvalue weighted by molar-refractivity contribution is 7.99. The topological polar surface area (TPSA) is 26.0 Å². The predicted octanol–water partition coefficient (Wildman–Crippen LogP) is 4.00. The van der Waals surface area contributed by atoms with Gasteiger partial charge in [-0.25, -0.2) is 0 Å². The molecule has 3 heteroatoms. The number of thiophene rings is 1. The average Bonchev–Trinajstić information content (AvgIpc) is 2.69. The second-order valence-electron chi connectivity index (χ2n) is 4.12. The van der Waals surface area contributed by atoms with Gasteiger partial charge in [-0.3, -0.25) is 0 Å². The molecule has 86 valence electrons. The molecule has 0 spiro atoms. The molecule has 1 aromatic heterocycles. The maximum absolute atomic E-state index is 5.75. The van der Waals surface area contributed by atoms with Crippen molar-refractivity contribution >= 4 is 33.2 Å². The molecule has 0 atom stereocenters. The second kappa shape index (κ2) is 5.21. The minimum absolute atomic E-state index is 0.634. The summed E-state index contributed by atoms with van der Waals surface area (Å²) >= 11 is 3.82. The van der Waals surface area contributed by atoms with Gasteiger partial charge in [0.05, 0.1) is 0 Å². The predicted molar refractivity (Wildman–Crippen MR) is 76.1 cm³/mol. The van der Waals surface area contributed by atoms with E-state index >= 15 is 0 Å². The third-order valence-electron chi connectivity index (χ3n) is 2.55. The van der Waals surface area contributed by atoms with Crippen LogP contribution in [0.4, 0.5) is 0 Å². The number of hydrogen-bond acceptors (Lipinski definition) is 3. The SMILES string of the molecule is CC(C)SCc1csc2c(CN)cccc12. The van der Waals surface area contributed by atoms with E-state index in [-0.39, 0.29) is 0 Å². The molecule has 1 aromatic carbocycles. The van der Waals surface area contributed by atoms with Crippen LogP contribution in [0.5, 0.6) is 0 Å². The molecule has 1 heterocycles. The largest absolute Gasteiger partial charge is 0.326 e. The van der Waals surface area contributed by atoms with Crippen LogP contribution in [0, 0.1) is 0 Å². The summed E-state index contributed by atoms with van der Waals surface area (Å²) in [6.45, 7) is 5.11. The van der Waals surface area contributed by atoms with Gasteiger partial charge in [0.1, 0.15) is 0 Å². The first kappa shape index (κ1) is 12.0. The fourth-order valence-electron chi connectivity index (χ4n) is 1.70. The Labute approximate surface area is 105 Å². The monoisotopic (exact) mass is 251 g/mol. The summed E-state index contributed by atoms with van der Waals surface area (Å²) in [6.07, 6.45) is 0. The molecular weight excluding hydrogens is 234 g/mol. The standard InChI is InChI=1S/C13H17NS2/c1-9(2)15-7-11-8-16-13-10(6-14)4-3-5-12(11)13/h3-5,8-9H,6-7,14H2,1-2H3. The van der Waals surface area contributed by atoms with E-state index in [1.807, 2.05) is 23.1 Å². The van der Waals surface area contributed by atoms with Gasteiger partial charge in [-0.15, -0.1) is 11.3 Å². The highest BCUT2D eigenvalue weighted by Crippen LogP contribution is 2.32. The molecule has 1 nitrogen and oxygen atoms in total. The van der Waals surface area contributed by atoms with Crippen molar-refractivity contribution in [1.29, 1.82) is 0 Å². The van der Waals surface area contributed by atoms with E-state index < -0.39 is 0 Å². The molecule has 0 aliphatic heterocycles. The molecule has 16 heavy (non-hydrogen) atoms. The first-order valence-electron chi connectivity index (χ1n) is 5.52. The van der Waals surface area contributed by atoms with Crippen LogP contribution in [-0.2, 0) is 12.3 Å². The van der Waals surface area contributed by atoms with Crippen molar-refractivity contribution in [3.63, 3.8) is 0 Å². The molecule has 0 bridgehead atoms. The van der Waals surface area contributed by atoms with Crippen LogP contribution < -0.4 is 5.73 Å². The van der Waals surface area contributed by atoms with Gasteiger partial charge >= 0.3 is 0 Å². The van der Waals surface area contributed by atoms with E-state index in [9.17, 15) is 0 Å². The van der Waals surface area contributed by atoms with Gasteiger partial charge in [-0.1, -0.05) is 32.0 Å². The van der Waals surface area contributed by atoms with Crippen molar-refractivity contribution in [3.05, 3.63) is 34.7 Å². The van der Waals surface area contributed by atoms with E-state index in [0.717, 1.165) is 5.75 Å². The number of fused-ring (bicyclic) bond motifs is 1. The second-order valence-corrected chi connectivity index (χ2v) is 6.56. The molecule has 2 aromatic rings. The summed E-state index contributed by atoms with van der Waals surface area (Å²) < 4.78 is 1.37. The summed E-state index contributed by atoms with van der Waals surface area (Å²) in [5.74, 6) is 1.10. The average molecular weight is 251 g/mol. The summed E-state index contributed by atoms with van der Waals surface area (Å²) in [7, 11) is 0. The number of rotatable bonds is 4. The number of thioether (sulfide) groups is 1. The fraction of sp³-hybridized carbons (Fsp3) is 0.385. The van der Waals surface area contributed by atoms with Crippen molar-refractivity contribution < 1.29 is 0 Å². The Hall–Kier alpha value is -0.510. The number of benzene rings is 1. The van der Waals surface area contributed by atoms with E-state index in [0.29, 0.717) is 11.8 Å². The van der Waals surface area contributed by atoms with E-state index in [1.54, 1.807) is 0 Å². The minimum atomic E-state index is 0.634. The highest BCUT2D eigenvalue weighted by atomic mass is 32.2. The maximum Gasteiger partial charge on any atom is 0.0390 e. The summed E-state index contributed by atoms with van der Waals surface area (Å²) in [4.78, 5) is 0. The Morgan fingerprint density at radius 2 is 2.12 bits per heavy atom. The van der Waals surface area contributed by atoms with Crippen LogP contribution in [0.25, 0.3) is 10.1 Å². The van der Waals surface area contributed by atoms with Gasteiger partial charge in [0.15, 0.2) is 0 Å². The molecule has 0 amide bonds. The van der Waals surface area contributed by atoms with Crippen LogP contribution in [0.15, 0.2) is 23.6 Å². The molecule has 0 aliphatic rings. The van der Waals surface area contributed by atoms with E-state index in [2.05, 4.69) is 37.4 Å². The van der Waals surface area contributed by atoms with Crippen LogP contribution in [0.1, 0.15) is 25.0 Å². The van der Waals surface area contributed by atoms with Crippen molar-refractivity contribution in [1.82, 2.24) is 0 Å². The lowest BCUT2D eigenvalue weighted by molar-refractivity contribution is 1.09. The van der Waals surface area contributed by atoms with Gasteiger partial charge in [0, 0.05) is 17.0 Å². The highest BCUT2D eigenvalue weighted by Gasteiger charge is 2.07. The molecule has 0 unspecified atom stereocenters. The molecule has 0 radical (unpaired) electrons. The van der Waals surface area contributed by atoms with E-state index in [1.165, 1.54) is 21.2 Å². The zero-order chi connectivity index (χ0) is 11.5. The van der Waals surface area contributed by atoms with Crippen LogP contribution in [0.3, 0.4) is 0 Å². The number of nitrogens with two attached hydrogens (primary N) is 1. The lowest BCUT2D eigenvalue weighted by Crippen LogP contribution is -1.95. The summed E-state index contributed by atoms with van der Waals surface area (Å²) in [5, 5.41) is 4.35. The van der Waals surface area contributed by atoms with Gasteiger partial charge < -0.3 is 5.73 Å². The van der Waals surface area contributed by atoms with Gasteiger partial charge in [-0.2, -0.15) is 11.8 Å². The molecule has 0 saturated heterocycles. The smallest absolute Gasteiger partial charge is 0.0390 e. The van der Waals surface area contributed by atoms with Crippen LogP contribution in [0.2, 0.25) is 0 Å². The van der Waals surface area contributed by atoms with Crippen LogP contribution >= 0.6 is 23.1 Å². The first-order chi connectivity index (χ1) is 7.72. The normalized spacial score (nSPS) is 11.5. The van der Waals surface area contributed by atoms with Gasteiger partial charge in [0.2, 0.25) is 0 Å². The molecule has 0 aliphatic carbocycles. The van der Waals surface area contributed by atoms with Crippen molar-refractivity contribution in [2.75, 3.05) is 0 Å². The Bertz CT molecular complexity index is 474. The van der Waals surface area contributed by atoms with Gasteiger partial charge in [-0.05, 0) is 27.1 Å². The Morgan fingerprint density at radius 3 is 2.81 bits per heavy atom. The molecule has 0 saturated carbocycles. The van der Waals surface area contributed by atoms with Crippen molar-refractivity contribution in [3.8, 4) is 0 Å². The van der Waals surface area contributed by atoms with Gasteiger partial charge in [0.25, 0.3) is 0 Å². The zero-order valence-corrected chi connectivity index (χ0v) is 11.3. The molecule has 2 N–H and O–H groups in total. The quantitative estimate of drug-likeness (QED) is 0.888.